The van der Waals surface area contributed by atoms with Crippen LogP contribution in [0.2, 0.25) is 0 Å². The van der Waals surface area contributed by atoms with Gasteiger partial charge in [0.15, 0.2) is 0 Å². The van der Waals surface area contributed by atoms with Crippen LogP contribution in [0.5, 0.6) is 0 Å². The normalized spacial score (nSPS) is 10.6. The first-order chi connectivity index (χ1) is 25.6. The van der Waals surface area contributed by atoms with Crippen molar-refractivity contribution in [1.82, 2.24) is 0 Å². The summed E-state index contributed by atoms with van der Waals surface area (Å²) >= 11 is -2.44. The van der Waals surface area contributed by atoms with Crippen LogP contribution < -0.4 is 0 Å². The molecule has 0 aromatic heterocycles. The van der Waals surface area contributed by atoms with Gasteiger partial charge >= 0.3 is 111 Å². The van der Waals surface area contributed by atoms with E-state index in [4.69, 9.17) is 17.0 Å². The van der Waals surface area contributed by atoms with Gasteiger partial charge in [-0.15, -0.1) is 69.1 Å². The van der Waals surface area contributed by atoms with Crippen molar-refractivity contribution in [2.24, 2.45) is 0 Å². The summed E-state index contributed by atoms with van der Waals surface area (Å²) in [6.45, 7) is 4.46. The molecule has 0 aliphatic rings. The monoisotopic (exact) mass is 792 g/mol. The molecule has 0 saturated heterocycles. The van der Waals surface area contributed by atoms with E-state index in [2.05, 4.69) is 159 Å². The molecule has 0 amide bonds. The van der Waals surface area contributed by atoms with Crippen LogP contribution in [0.1, 0.15) is 48.9 Å². The standard InChI is InChI=1S/2C18H17.C13H10.2ClH.Zr/c2*1-2-7-14-12-16-10-6-11-17(18(16)13-14)15-8-4-3-5-9-15;1-3-7-12(8-4-1)11-13-9-5-2-6-10-13;;;/h2*3-6,8-13H,2,7H2,1H3;1-10H;2*1H;/q2*-1;;;;+2/p-2. The van der Waals surface area contributed by atoms with E-state index in [1.165, 1.54) is 80.6 Å². The molecule has 0 radical (unpaired) electrons. The quantitative estimate of drug-likeness (QED) is 0.134. The van der Waals surface area contributed by atoms with Crippen molar-refractivity contribution in [3.05, 3.63) is 204 Å². The van der Waals surface area contributed by atoms with Crippen molar-refractivity contribution in [3.8, 4) is 22.3 Å². The summed E-state index contributed by atoms with van der Waals surface area (Å²) in [4.78, 5) is 0. The van der Waals surface area contributed by atoms with E-state index in [-0.39, 0.29) is 0 Å². The second-order valence-corrected chi connectivity index (χ2v) is 21.1. The first kappa shape index (κ1) is 37.6. The molecule has 8 aromatic carbocycles. The van der Waals surface area contributed by atoms with Crippen LogP contribution in [-0.4, -0.2) is 3.21 Å². The molecule has 52 heavy (non-hydrogen) atoms. The van der Waals surface area contributed by atoms with Gasteiger partial charge in [0.1, 0.15) is 0 Å². The van der Waals surface area contributed by atoms with Gasteiger partial charge in [0.2, 0.25) is 0 Å². The van der Waals surface area contributed by atoms with Gasteiger partial charge < -0.3 is 0 Å². The zero-order valence-corrected chi connectivity index (χ0v) is 33.9. The van der Waals surface area contributed by atoms with E-state index in [1.54, 1.807) is 0 Å². The van der Waals surface area contributed by atoms with Gasteiger partial charge in [0.05, 0.1) is 0 Å². The molecule has 0 bridgehead atoms. The van der Waals surface area contributed by atoms with Crippen molar-refractivity contribution in [2.45, 2.75) is 39.5 Å². The van der Waals surface area contributed by atoms with Crippen molar-refractivity contribution >= 4 is 41.8 Å². The molecule has 0 aliphatic carbocycles. The fourth-order valence-electron chi connectivity index (χ4n) is 6.79. The molecule has 8 aromatic rings. The Morgan fingerprint density at radius 2 is 0.827 bits per heavy atom. The number of halogens is 2. The van der Waals surface area contributed by atoms with Crippen molar-refractivity contribution in [2.75, 3.05) is 0 Å². The van der Waals surface area contributed by atoms with Crippen molar-refractivity contribution < 1.29 is 18.9 Å². The van der Waals surface area contributed by atoms with Crippen LogP contribution in [0.15, 0.2) is 182 Å². The second-order valence-electron chi connectivity index (χ2n) is 12.9. The first-order valence-electron chi connectivity index (χ1n) is 18.2. The number of aryl methyl sites for hydroxylation is 2. The molecule has 0 saturated carbocycles. The average molecular weight is 795 g/mol. The third-order valence-electron chi connectivity index (χ3n) is 9.18. The minimum atomic E-state index is -2.44. The number of fused-ring (bicyclic) bond motifs is 2. The molecule has 0 atom stereocenters. The van der Waals surface area contributed by atoms with Gasteiger partial charge in [-0.1, -0.05) is 111 Å². The molecule has 0 nitrogen and oxygen atoms in total. The summed E-state index contributed by atoms with van der Waals surface area (Å²) in [5.74, 6) is 0. The zero-order valence-electron chi connectivity index (χ0n) is 29.9. The molecule has 3 heteroatoms. The maximum absolute atomic E-state index is 6.24. The predicted molar refractivity (Wildman–Crippen MR) is 226 cm³/mol. The second kappa shape index (κ2) is 19.1. The fourth-order valence-corrected chi connectivity index (χ4v) is 11.3. The van der Waals surface area contributed by atoms with E-state index in [0.717, 1.165) is 14.3 Å². The first-order valence-corrected chi connectivity index (χ1v) is 25.7. The zero-order chi connectivity index (χ0) is 36.1. The maximum atomic E-state index is 6.24. The van der Waals surface area contributed by atoms with Gasteiger partial charge in [-0.2, -0.15) is 12.1 Å². The molecule has 0 fully saturated rings. The van der Waals surface area contributed by atoms with Crippen LogP contribution in [0.3, 0.4) is 0 Å². The molecule has 0 N–H and O–H groups in total. The number of rotatable bonds is 8. The van der Waals surface area contributed by atoms with E-state index in [0.29, 0.717) is 0 Å². The third kappa shape index (κ3) is 9.64. The Labute approximate surface area is 324 Å². The number of hydrogen-bond acceptors (Lipinski definition) is 0. The average Bonchev–Trinajstić information content (AvgIpc) is 3.81. The van der Waals surface area contributed by atoms with E-state index < -0.39 is 18.9 Å². The number of benzene rings is 6. The van der Waals surface area contributed by atoms with Crippen LogP contribution >= 0.6 is 17.0 Å². The Kier molecular flexibility index (Phi) is 13.8. The van der Waals surface area contributed by atoms with Gasteiger partial charge in [-0.25, -0.2) is 0 Å². The Morgan fingerprint density at radius 3 is 1.17 bits per heavy atom. The Bertz CT molecular complexity index is 2150. The van der Waals surface area contributed by atoms with E-state index in [9.17, 15) is 0 Å². The summed E-state index contributed by atoms with van der Waals surface area (Å²) < 4.78 is 1.15. The van der Waals surface area contributed by atoms with Crippen LogP contribution in [0.25, 0.3) is 43.8 Å². The van der Waals surface area contributed by atoms with Crippen LogP contribution in [0.4, 0.5) is 0 Å². The predicted octanol–water partition coefficient (Wildman–Crippen LogP) is 14.5. The van der Waals surface area contributed by atoms with Crippen LogP contribution in [0, 0.1) is 0 Å². The molecule has 0 unspecified atom stereocenters. The van der Waals surface area contributed by atoms with Crippen molar-refractivity contribution in [3.63, 3.8) is 0 Å². The molecular formula is C49H44Cl2Zr-2. The summed E-state index contributed by atoms with van der Waals surface area (Å²) in [6, 6.07) is 64.1. The molecule has 0 aliphatic heterocycles. The summed E-state index contributed by atoms with van der Waals surface area (Å²) in [6.07, 6.45) is 4.75. The topological polar surface area (TPSA) is 0 Å². The molecule has 8 rings (SSSR count). The molecule has 0 spiro atoms. The van der Waals surface area contributed by atoms with Gasteiger partial charge in [-0.05, 0) is 24.0 Å². The summed E-state index contributed by atoms with van der Waals surface area (Å²) in [5, 5.41) is 5.49. The summed E-state index contributed by atoms with van der Waals surface area (Å²) in [7, 11) is 12.5. The van der Waals surface area contributed by atoms with Gasteiger partial charge in [-0.3, -0.25) is 0 Å². The number of hydrogen-bond donors (Lipinski definition) is 0. The fraction of sp³-hybridized carbons (Fsp3) is 0.122. The minimum absolute atomic E-state index is 1.15. The molecular weight excluding hydrogens is 751 g/mol. The Hall–Kier alpha value is -4.13. The Morgan fingerprint density at radius 1 is 0.462 bits per heavy atom. The van der Waals surface area contributed by atoms with Gasteiger partial charge in [0, 0.05) is 0 Å². The SMILES string of the molecule is CCCc1cc2c(-c3ccccc3)cccc2[cH-]1.CCCc1cc2c(-c3ccccc3)cccc2[cH-]1.[Cl][Zr]([Cl])=[C](c1ccccc1)c1ccccc1. The van der Waals surface area contributed by atoms with Crippen LogP contribution in [-0.2, 0) is 31.7 Å². The van der Waals surface area contributed by atoms with Crippen molar-refractivity contribution in [1.29, 1.82) is 0 Å². The van der Waals surface area contributed by atoms with E-state index in [1.807, 2.05) is 36.4 Å². The molecule has 0 heterocycles. The molecule has 260 valence electrons. The summed E-state index contributed by atoms with van der Waals surface area (Å²) in [5.41, 5.74) is 10.5. The Balaban J connectivity index is 0.000000134. The third-order valence-corrected chi connectivity index (χ3v) is 13.8. The van der Waals surface area contributed by atoms with E-state index >= 15 is 0 Å². The van der Waals surface area contributed by atoms with Gasteiger partial charge in [0.25, 0.3) is 0 Å².